The van der Waals surface area contributed by atoms with Crippen molar-refractivity contribution >= 4 is 0 Å². The van der Waals surface area contributed by atoms with Crippen molar-refractivity contribution < 1.29 is 0 Å². The predicted molar refractivity (Wildman–Crippen MR) is 217 cm³/mol. The quantitative estimate of drug-likeness (QED) is 0.186. The van der Waals surface area contributed by atoms with Crippen molar-refractivity contribution in [3.05, 3.63) is 198 Å². The molecule has 7 aromatic carbocycles. The Morgan fingerprint density at radius 2 is 0.792 bits per heavy atom. The van der Waals surface area contributed by atoms with E-state index in [-0.39, 0.29) is 5.41 Å². The van der Waals surface area contributed by atoms with E-state index in [1.54, 1.807) is 0 Å². The van der Waals surface area contributed by atoms with Crippen LogP contribution in [0.3, 0.4) is 0 Å². The molecule has 1 spiro atoms. The van der Waals surface area contributed by atoms with E-state index in [4.69, 9.17) is 15.0 Å². The van der Waals surface area contributed by atoms with Gasteiger partial charge in [-0.15, -0.1) is 0 Å². The van der Waals surface area contributed by atoms with E-state index in [0.29, 0.717) is 17.5 Å². The second-order valence-corrected chi connectivity index (χ2v) is 15.2. The van der Waals surface area contributed by atoms with Gasteiger partial charge in [0.05, 0.1) is 5.41 Å². The maximum atomic E-state index is 5.29. The molecule has 0 aliphatic heterocycles. The van der Waals surface area contributed by atoms with Gasteiger partial charge in [0.1, 0.15) is 0 Å². The summed E-state index contributed by atoms with van der Waals surface area (Å²) in [5.41, 5.74) is 16.3. The minimum absolute atomic E-state index is 0.00104. The Kier molecular flexibility index (Phi) is 6.97. The van der Waals surface area contributed by atoms with Crippen molar-refractivity contribution in [3.8, 4) is 67.5 Å². The smallest absolute Gasteiger partial charge is 0.164 e. The zero-order chi connectivity index (χ0) is 35.7. The lowest BCUT2D eigenvalue weighted by molar-refractivity contribution is 0.588. The van der Waals surface area contributed by atoms with Crippen LogP contribution in [0.15, 0.2) is 170 Å². The summed E-state index contributed by atoms with van der Waals surface area (Å²) in [6, 6.07) is 61.0. The molecule has 0 N–H and O–H groups in total. The van der Waals surface area contributed by atoms with Crippen LogP contribution in [0.1, 0.15) is 48.6 Å². The minimum Gasteiger partial charge on any atom is -0.208 e. The average Bonchev–Trinajstić information content (AvgIpc) is 3.68. The highest BCUT2D eigenvalue weighted by Gasteiger charge is 2.52. The fourth-order valence-corrected chi connectivity index (χ4v) is 8.63. The average molecular weight is 680 g/mol. The largest absolute Gasteiger partial charge is 0.208 e. The van der Waals surface area contributed by atoms with Crippen LogP contribution in [0.5, 0.6) is 0 Å². The Balaban J connectivity index is 1.24. The topological polar surface area (TPSA) is 38.7 Å². The van der Waals surface area contributed by atoms with Gasteiger partial charge in [-0.2, -0.15) is 0 Å². The summed E-state index contributed by atoms with van der Waals surface area (Å²) in [5, 5.41) is 0. The lowest BCUT2D eigenvalue weighted by Gasteiger charge is -2.32. The van der Waals surface area contributed by atoms with Crippen molar-refractivity contribution in [2.45, 2.75) is 31.6 Å². The number of benzene rings is 7. The molecule has 53 heavy (non-hydrogen) atoms. The molecule has 0 fully saturated rings. The van der Waals surface area contributed by atoms with Crippen molar-refractivity contribution in [1.29, 1.82) is 0 Å². The minimum atomic E-state index is -0.479. The van der Waals surface area contributed by atoms with Gasteiger partial charge >= 0.3 is 0 Å². The first kappa shape index (κ1) is 31.3. The summed E-state index contributed by atoms with van der Waals surface area (Å²) in [6.07, 6.45) is 0. The van der Waals surface area contributed by atoms with Crippen LogP contribution in [-0.4, -0.2) is 15.0 Å². The molecule has 0 saturated carbocycles. The van der Waals surface area contributed by atoms with Crippen LogP contribution in [0.4, 0.5) is 0 Å². The monoisotopic (exact) mass is 679 g/mol. The Morgan fingerprint density at radius 1 is 0.340 bits per heavy atom. The van der Waals surface area contributed by atoms with Crippen LogP contribution in [0, 0.1) is 0 Å². The molecule has 3 nitrogen and oxygen atoms in total. The summed E-state index contributed by atoms with van der Waals surface area (Å²) in [5.74, 6) is 1.96. The van der Waals surface area contributed by atoms with Gasteiger partial charge in [0.2, 0.25) is 0 Å². The zero-order valence-electron chi connectivity index (χ0n) is 30.0. The van der Waals surface area contributed by atoms with Crippen LogP contribution >= 0.6 is 0 Å². The molecule has 1 heterocycles. The number of hydrogen-bond acceptors (Lipinski definition) is 3. The molecule has 0 atom stereocenters. The Morgan fingerprint density at radius 3 is 1.42 bits per heavy atom. The molecule has 0 amide bonds. The summed E-state index contributed by atoms with van der Waals surface area (Å²) < 4.78 is 0. The van der Waals surface area contributed by atoms with Crippen molar-refractivity contribution in [2.75, 3.05) is 0 Å². The summed E-state index contributed by atoms with van der Waals surface area (Å²) in [6.45, 7) is 6.91. The SMILES string of the molecule is CC(C)(C)c1ccc2c(c1)C1(c3ccccc3-c3ccccc31)c1cc(-c3nc(-c4ccccc4)nc(-c4ccccc4-c4ccccc4)n3)ccc1-2. The molecule has 0 unspecified atom stereocenters. The second-order valence-electron chi connectivity index (χ2n) is 15.2. The molecule has 8 aromatic rings. The first-order valence-electron chi connectivity index (χ1n) is 18.4. The third kappa shape index (κ3) is 4.77. The fourth-order valence-electron chi connectivity index (χ4n) is 8.63. The zero-order valence-corrected chi connectivity index (χ0v) is 30.0. The van der Waals surface area contributed by atoms with E-state index in [1.165, 1.54) is 50.1 Å². The Bertz CT molecular complexity index is 2660. The molecule has 1 aromatic heterocycles. The summed E-state index contributed by atoms with van der Waals surface area (Å²) in [7, 11) is 0. The molecule has 2 aliphatic rings. The van der Waals surface area contributed by atoms with E-state index in [2.05, 4.69) is 166 Å². The van der Waals surface area contributed by atoms with Gasteiger partial charge in [-0.25, -0.2) is 15.0 Å². The maximum Gasteiger partial charge on any atom is 0.164 e. The first-order chi connectivity index (χ1) is 25.9. The molecule has 0 saturated heterocycles. The number of nitrogens with zero attached hydrogens (tertiary/aromatic N) is 3. The van der Waals surface area contributed by atoms with Crippen molar-refractivity contribution in [2.24, 2.45) is 0 Å². The third-order valence-corrected chi connectivity index (χ3v) is 11.1. The molecule has 3 heteroatoms. The fraction of sp³-hybridized carbons (Fsp3) is 0.100. The van der Waals surface area contributed by atoms with E-state index < -0.39 is 5.41 Å². The summed E-state index contributed by atoms with van der Waals surface area (Å²) in [4.78, 5) is 15.6. The van der Waals surface area contributed by atoms with Crippen LogP contribution in [0.25, 0.3) is 67.5 Å². The van der Waals surface area contributed by atoms with Gasteiger partial charge in [-0.1, -0.05) is 185 Å². The number of rotatable bonds is 4. The standard InChI is InChI=1S/C50H37N3/c1-49(2,3)35-27-29-40-39-28-26-34(30-44(39)50(45(40)31-35)42-24-14-12-21-37(42)38-22-13-15-25-43(38)50)47-51-46(33-18-8-5-9-19-33)52-48(53-47)41-23-11-10-20-36(41)32-16-6-4-7-17-32/h4-31H,1-3H3. The second kappa shape index (κ2) is 11.8. The first-order valence-corrected chi connectivity index (χ1v) is 18.4. The van der Waals surface area contributed by atoms with Gasteiger partial charge < -0.3 is 0 Å². The number of fused-ring (bicyclic) bond motifs is 10. The van der Waals surface area contributed by atoms with Crippen molar-refractivity contribution in [1.82, 2.24) is 15.0 Å². The van der Waals surface area contributed by atoms with Crippen LogP contribution in [-0.2, 0) is 10.8 Å². The molecule has 0 radical (unpaired) electrons. The molecule has 10 rings (SSSR count). The number of aromatic nitrogens is 3. The summed E-state index contributed by atoms with van der Waals surface area (Å²) >= 11 is 0. The van der Waals surface area contributed by atoms with E-state index in [0.717, 1.165) is 27.8 Å². The van der Waals surface area contributed by atoms with Gasteiger partial charge in [0.25, 0.3) is 0 Å². The van der Waals surface area contributed by atoms with Crippen molar-refractivity contribution in [3.63, 3.8) is 0 Å². The van der Waals surface area contributed by atoms with Gasteiger partial charge in [0.15, 0.2) is 17.5 Å². The van der Waals surface area contributed by atoms with Gasteiger partial charge in [0, 0.05) is 16.7 Å². The Hall–Kier alpha value is -6.45. The predicted octanol–water partition coefficient (Wildman–Crippen LogP) is 12.2. The van der Waals surface area contributed by atoms with Gasteiger partial charge in [-0.05, 0) is 72.7 Å². The molecule has 252 valence electrons. The van der Waals surface area contributed by atoms with Crippen LogP contribution < -0.4 is 0 Å². The molecular formula is C50H37N3. The molecular weight excluding hydrogens is 643 g/mol. The van der Waals surface area contributed by atoms with E-state index >= 15 is 0 Å². The number of hydrogen-bond donors (Lipinski definition) is 0. The highest BCUT2D eigenvalue weighted by atomic mass is 15.0. The highest BCUT2D eigenvalue weighted by molar-refractivity contribution is 5.96. The van der Waals surface area contributed by atoms with Gasteiger partial charge in [-0.3, -0.25) is 0 Å². The molecule has 0 bridgehead atoms. The van der Waals surface area contributed by atoms with E-state index in [1.807, 2.05) is 24.3 Å². The Labute approximate surface area is 310 Å². The molecule has 2 aliphatic carbocycles. The van der Waals surface area contributed by atoms with E-state index in [9.17, 15) is 0 Å². The highest BCUT2D eigenvalue weighted by Crippen LogP contribution is 2.63. The van der Waals surface area contributed by atoms with Crippen LogP contribution in [0.2, 0.25) is 0 Å². The lowest BCUT2D eigenvalue weighted by atomic mass is 9.69. The normalized spacial score (nSPS) is 13.3. The lowest BCUT2D eigenvalue weighted by Crippen LogP contribution is -2.26. The maximum absolute atomic E-state index is 5.29. The third-order valence-electron chi connectivity index (χ3n) is 11.1.